The topological polar surface area (TPSA) is 35.0 Å². The summed E-state index contributed by atoms with van der Waals surface area (Å²) in [7, 11) is 0. The Morgan fingerprint density at radius 2 is 2.12 bits per heavy atom. The molecular formula is C12H10N2OS. The lowest BCUT2D eigenvalue weighted by atomic mass is 10.2. The molecule has 1 aromatic carbocycles. The van der Waals surface area contributed by atoms with Gasteiger partial charge in [0.05, 0.1) is 0 Å². The van der Waals surface area contributed by atoms with Gasteiger partial charge in [0.2, 0.25) is 0 Å². The Morgan fingerprint density at radius 1 is 1.31 bits per heavy atom. The second-order valence-electron chi connectivity index (χ2n) is 2.96. The van der Waals surface area contributed by atoms with Gasteiger partial charge in [0.1, 0.15) is 5.01 Å². The summed E-state index contributed by atoms with van der Waals surface area (Å²) in [6.45, 7) is 2.11. The Labute approximate surface area is 98.3 Å². The van der Waals surface area contributed by atoms with Gasteiger partial charge in [-0.25, -0.2) is 0 Å². The summed E-state index contributed by atoms with van der Waals surface area (Å²) >= 11 is 1.33. The Kier molecular flexibility index (Phi) is 3.52. The standard InChI is InChI=1S/C12H10N2OS/c1-2-3-9-15-12-13-11(16-14-12)10-7-5-4-6-8-10/h4-8H,9H2,1H3. The quantitative estimate of drug-likeness (QED) is 0.760. The smallest absolute Gasteiger partial charge is 0.329 e. The minimum absolute atomic E-state index is 0.335. The van der Waals surface area contributed by atoms with Crippen molar-refractivity contribution in [3.05, 3.63) is 30.3 Å². The number of nitrogens with zero attached hydrogens (tertiary/aromatic N) is 2. The molecule has 1 heterocycles. The van der Waals surface area contributed by atoms with Crippen LogP contribution in [0, 0.1) is 11.8 Å². The molecule has 2 rings (SSSR count). The maximum absolute atomic E-state index is 5.26. The third-order valence-electron chi connectivity index (χ3n) is 1.88. The van der Waals surface area contributed by atoms with Gasteiger partial charge in [0.15, 0.2) is 6.61 Å². The van der Waals surface area contributed by atoms with Crippen LogP contribution in [0.4, 0.5) is 0 Å². The molecule has 80 valence electrons. The van der Waals surface area contributed by atoms with E-state index in [1.54, 1.807) is 6.92 Å². The second kappa shape index (κ2) is 5.29. The van der Waals surface area contributed by atoms with Crippen molar-refractivity contribution in [3.63, 3.8) is 0 Å². The van der Waals surface area contributed by atoms with E-state index < -0.39 is 0 Å². The zero-order chi connectivity index (χ0) is 11.2. The maximum Gasteiger partial charge on any atom is 0.329 e. The molecule has 0 aliphatic carbocycles. The van der Waals surface area contributed by atoms with Crippen LogP contribution in [0.3, 0.4) is 0 Å². The fraction of sp³-hybridized carbons (Fsp3) is 0.167. The molecule has 2 aromatic rings. The SMILES string of the molecule is CC#CCOc1nsc(-c2ccccc2)n1. The lowest BCUT2D eigenvalue weighted by Crippen LogP contribution is -1.94. The Balaban J connectivity index is 2.10. The number of hydrogen-bond donors (Lipinski definition) is 0. The molecule has 0 saturated carbocycles. The summed E-state index contributed by atoms with van der Waals surface area (Å²) in [4.78, 5) is 4.27. The minimum Gasteiger partial charge on any atom is -0.450 e. The van der Waals surface area contributed by atoms with E-state index in [1.165, 1.54) is 11.5 Å². The number of aromatic nitrogens is 2. The molecule has 0 radical (unpaired) electrons. The summed E-state index contributed by atoms with van der Waals surface area (Å²) < 4.78 is 9.37. The van der Waals surface area contributed by atoms with Crippen LogP contribution in [-0.2, 0) is 0 Å². The van der Waals surface area contributed by atoms with Crippen LogP contribution in [0.2, 0.25) is 0 Å². The van der Waals surface area contributed by atoms with Crippen LogP contribution >= 0.6 is 11.5 Å². The zero-order valence-corrected chi connectivity index (χ0v) is 9.62. The van der Waals surface area contributed by atoms with E-state index in [0.717, 1.165) is 10.6 Å². The Hall–Kier alpha value is -1.86. The van der Waals surface area contributed by atoms with Gasteiger partial charge in [-0.3, -0.25) is 0 Å². The van der Waals surface area contributed by atoms with Crippen molar-refractivity contribution in [3.8, 4) is 28.4 Å². The molecule has 0 fully saturated rings. The van der Waals surface area contributed by atoms with E-state index in [-0.39, 0.29) is 0 Å². The average Bonchev–Trinajstić information content (AvgIpc) is 2.79. The van der Waals surface area contributed by atoms with Crippen LogP contribution in [0.5, 0.6) is 6.01 Å². The summed E-state index contributed by atoms with van der Waals surface area (Å²) in [6.07, 6.45) is 0. The van der Waals surface area contributed by atoms with Crippen molar-refractivity contribution in [2.24, 2.45) is 0 Å². The highest BCUT2D eigenvalue weighted by molar-refractivity contribution is 7.09. The Morgan fingerprint density at radius 3 is 2.88 bits per heavy atom. The molecule has 0 bridgehead atoms. The normalized spacial score (nSPS) is 9.31. The fourth-order valence-corrected chi connectivity index (χ4v) is 1.76. The largest absolute Gasteiger partial charge is 0.450 e. The van der Waals surface area contributed by atoms with Gasteiger partial charge in [-0.15, -0.1) is 10.3 Å². The number of benzene rings is 1. The van der Waals surface area contributed by atoms with E-state index >= 15 is 0 Å². The van der Waals surface area contributed by atoms with Crippen molar-refractivity contribution < 1.29 is 4.74 Å². The highest BCUT2D eigenvalue weighted by atomic mass is 32.1. The molecular weight excluding hydrogens is 220 g/mol. The summed E-state index contributed by atoms with van der Waals surface area (Å²) in [5.74, 6) is 5.55. The average molecular weight is 230 g/mol. The lowest BCUT2D eigenvalue weighted by Gasteiger charge is -1.93. The predicted octanol–water partition coefficient (Wildman–Crippen LogP) is 2.61. The molecule has 0 spiro atoms. The summed E-state index contributed by atoms with van der Waals surface area (Å²) in [5, 5.41) is 0.861. The van der Waals surface area contributed by atoms with Crippen molar-refractivity contribution >= 4 is 11.5 Å². The summed E-state index contributed by atoms with van der Waals surface area (Å²) in [5.41, 5.74) is 1.05. The van der Waals surface area contributed by atoms with E-state index in [9.17, 15) is 0 Å². The molecule has 0 unspecified atom stereocenters. The van der Waals surface area contributed by atoms with E-state index in [4.69, 9.17) is 4.74 Å². The van der Waals surface area contributed by atoms with Crippen LogP contribution in [0.1, 0.15) is 6.92 Å². The van der Waals surface area contributed by atoms with Gasteiger partial charge in [0.25, 0.3) is 0 Å². The molecule has 4 heteroatoms. The second-order valence-corrected chi connectivity index (χ2v) is 3.72. The zero-order valence-electron chi connectivity index (χ0n) is 8.80. The predicted molar refractivity (Wildman–Crippen MR) is 64.3 cm³/mol. The Bertz CT molecular complexity index is 511. The van der Waals surface area contributed by atoms with Crippen molar-refractivity contribution in [2.75, 3.05) is 6.61 Å². The van der Waals surface area contributed by atoms with E-state index in [2.05, 4.69) is 21.2 Å². The molecule has 0 aliphatic rings. The molecule has 0 atom stereocenters. The van der Waals surface area contributed by atoms with Crippen molar-refractivity contribution in [1.29, 1.82) is 0 Å². The first-order valence-electron chi connectivity index (χ1n) is 4.81. The molecule has 0 amide bonds. The first kappa shape index (κ1) is 10.7. The molecule has 3 nitrogen and oxygen atoms in total. The van der Waals surface area contributed by atoms with Crippen LogP contribution in [-0.4, -0.2) is 16.0 Å². The van der Waals surface area contributed by atoms with Crippen molar-refractivity contribution in [1.82, 2.24) is 9.36 Å². The molecule has 0 saturated heterocycles. The van der Waals surface area contributed by atoms with Gasteiger partial charge < -0.3 is 4.74 Å². The van der Waals surface area contributed by atoms with Gasteiger partial charge in [-0.2, -0.15) is 4.98 Å². The third-order valence-corrected chi connectivity index (χ3v) is 2.63. The van der Waals surface area contributed by atoms with Gasteiger partial charge in [-0.1, -0.05) is 36.3 Å². The molecule has 0 aliphatic heterocycles. The van der Waals surface area contributed by atoms with Gasteiger partial charge in [0, 0.05) is 5.56 Å². The highest BCUT2D eigenvalue weighted by Crippen LogP contribution is 2.23. The van der Waals surface area contributed by atoms with Gasteiger partial charge >= 0.3 is 6.01 Å². The van der Waals surface area contributed by atoms with E-state index in [1.807, 2.05) is 30.3 Å². The fourth-order valence-electron chi connectivity index (χ4n) is 1.14. The minimum atomic E-state index is 0.335. The van der Waals surface area contributed by atoms with Crippen LogP contribution in [0.15, 0.2) is 30.3 Å². The number of ether oxygens (including phenoxy) is 1. The third kappa shape index (κ3) is 2.59. The van der Waals surface area contributed by atoms with E-state index in [0.29, 0.717) is 12.6 Å². The number of hydrogen-bond acceptors (Lipinski definition) is 4. The summed E-state index contributed by atoms with van der Waals surface area (Å²) in [6, 6.07) is 10.3. The first-order valence-corrected chi connectivity index (χ1v) is 5.59. The first-order chi connectivity index (χ1) is 7.90. The van der Waals surface area contributed by atoms with Gasteiger partial charge in [-0.05, 0) is 18.5 Å². The number of rotatable bonds is 3. The maximum atomic E-state index is 5.26. The molecule has 0 N–H and O–H groups in total. The molecule has 16 heavy (non-hydrogen) atoms. The monoisotopic (exact) mass is 230 g/mol. The van der Waals surface area contributed by atoms with Crippen molar-refractivity contribution in [2.45, 2.75) is 6.92 Å². The van der Waals surface area contributed by atoms with Crippen LogP contribution < -0.4 is 4.74 Å². The molecule has 1 aromatic heterocycles. The highest BCUT2D eigenvalue weighted by Gasteiger charge is 2.05. The van der Waals surface area contributed by atoms with Crippen LogP contribution in [0.25, 0.3) is 10.6 Å². The lowest BCUT2D eigenvalue weighted by molar-refractivity contribution is 0.345.